The van der Waals surface area contributed by atoms with Gasteiger partial charge in [-0.2, -0.15) is 0 Å². The molecule has 0 bridgehead atoms. The van der Waals surface area contributed by atoms with Crippen molar-refractivity contribution in [1.82, 2.24) is 0 Å². The minimum Gasteiger partial charge on any atom is -0.294 e. The van der Waals surface area contributed by atoms with Crippen LogP contribution < -0.4 is 0 Å². The topological polar surface area (TPSA) is 17.1 Å². The molecule has 0 spiro atoms. The van der Waals surface area contributed by atoms with E-state index in [9.17, 15) is 4.79 Å². The van der Waals surface area contributed by atoms with E-state index in [-0.39, 0.29) is 5.78 Å². The van der Waals surface area contributed by atoms with Crippen LogP contribution in [0.5, 0.6) is 0 Å². The summed E-state index contributed by atoms with van der Waals surface area (Å²) in [5.41, 5.74) is 0. The highest BCUT2D eigenvalue weighted by atomic mass is 79.9. The number of halogens is 2. The third-order valence-electron chi connectivity index (χ3n) is 0.432. The van der Waals surface area contributed by atoms with Gasteiger partial charge in [-0.1, -0.05) is 15.9 Å². The molecular formula is C4H4Br2O. The van der Waals surface area contributed by atoms with Gasteiger partial charge in [-0.3, -0.25) is 4.79 Å². The highest BCUT2D eigenvalue weighted by molar-refractivity contribution is 9.14. The lowest BCUT2D eigenvalue weighted by atomic mass is 10.5. The second kappa shape index (κ2) is 3.38. The van der Waals surface area contributed by atoms with Crippen molar-refractivity contribution in [2.24, 2.45) is 0 Å². The largest absolute Gasteiger partial charge is 0.294 e. The van der Waals surface area contributed by atoms with Crippen LogP contribution in [-0.2, 0) is 4.79 Å². The van der Waals surface area contributed by atoms with Crippen LogP contribution in [0, 0.1) is 0 Å². The van der Waals surface area contributed by atoms with Gasteiger partial charge in [-0.25, -0.2) is 0 Å². The molecule has 0 amide bonds. The van der Waals surface area contributed by atoms with Crippen molar-refractivity contribution < 1.29 is 4.79 Å². The SMILES string of the molecule is CC(=O)/C(Br)=C/Br. The number of carbonyl (C=O) groups excluding carboxylic acids is 1. The van der Waals surface area contributed by atoms with Gasteiger partial charge in [0.25, 0.3) is 0 Å². The van der Waals surface area contributed by atoms with Crippen molar-refractivity contribution >= 4 is 37.6 Å². The Kier molecular flexibility index (Phi) is 3.56. The first-order valence-electron chi connectivity index (χ1n) is 1.65. The van der Waals surface area contributed by atoms with Crippen molar-refractivity contribution in [2.45, 2.75) is 6.92 Å². The second-order valence-electron chi connectivity index (χ2n) is 1.01. The minimum absolute atomic E-state index is 0.0249. The first-order chi connectivity index (χ1) is 3.18. The van der Waals surface area contributed by atoms with Crippen LogP contribution in [0.15, 0.2) is 9.47 Å². The first kappa shape index (κ1) is 7.37. The number of hydrogen-bond donors (Lipinski definition) is 0. The number of rotatable bonds is 1. The van der Waals surface area contributed by atoms with Gasteiger partial charge in [-0.15, -0.1) is 0 Å². The summed E-state index contributed by atoms with van der Waals surface area (Å²) in [7, 11) is 0. The zero-order valence-corrected chi connectivity index (χ0v) is 6.91. The van der Waals surface area contributed by atoms with E-state index < -0.39 is 0 Å². The second-order valence-corrected chi connectivity index (χ2v) is 2.33. The lowest BCUT2D eigenvalue weighted by Gasteiger charge is -1.81. The van der Waals surface area contributed by atoms with Crippen LogP contribution >= 0.6 is 31.9 Å². The van der Waals surface area contributed by atoms with E-state index >= 15 is 0 Å². The summed E-state index contributed by atoms with van der Waals surface area (Å²) in [5, 5.41) is 0. The number of hydrogen-bond acceptors (Lipinski definition) is 1. The summed E-state index contributed by atoms with van der Waals surface area (Å²) in [6, 6.07) is 0. The lowest BCUT2D eigenvalue weighted by Crippen LogP contribution is -1.84. The van der Waals surface area contributed by atoms with Crippen molar-refractivity contribution in [3.63, 3.8) is 0 Å². The van der Waals surface area contributed by atoms with E-state index in [1.165, 1.54) is 11.9 Å². The number of allylic oxidation sites excluding steroid dienone is 1. The molecule has 0 N–H and O–H groups in total. The van der Waals surface area contributed by atoms with Crippen molar-refractivity contribution in [3.8, 4) is 0 Å². The van der Waals surface area contributed by atoms with Gasteiger partial charge in [0.1, 0.15) is 0 Å². The predicted octanol–water partition coefficient (Wildman–Crippen LogP) is 2.21. The van der Waals surface area contributed by atoms with E-state index in [1.807, 2.05) is 0 Å². The molecule has 0 atom stereocenters. The number of Topliss-reactive ketones (excluding diaryl/α,β-unsaturated/α-hetero) is 1. The predicted molar refractivity (Wildman–Crippen MR) is 36.6 cm³/mol. The van der Waals surface area contributed by atoms with Gasteiger partial charge in [0, 0.05) is 0 Å². The Hall–Kier alpha value is 0.370. The highest BCUT2D eigenvalue weighted by Gasteiger charge is 1.92. The number of ketones is 1. The third-order valence-corrected chi connectivity index (χ3v) is 2.29. The molecule has 0 rings (SSSR count). The molecule has 0 aliphatic heterocycles. The maximum Gasteiger partial charge on any atom is 0.167 e. The standard InChI is InChI=1S/C4H4Br2O/c1-3(7)4(6)2-5/h2H,1H3/b4-2-. The highest BCUT2D eigenvalue weighted by Crippen LogP contribution is 2.07. The Labute approximate surface area is 59.0 Å². The molecule has 0 radical (unpaired) electrons. The fourth-order valence-electron chi connectivity index (χ4n) is 0.0768. The Balaban J connectivity index is 3.82. The molecule has 0 aromatic carbocycles. The summed E-state index contributed by atoms with van der Waals surface area (Å²) in [6.45, 7) is 1.49. The zero-order valence-electron chi connectivity index (χ0n) is 3.74. The molecule has 0 fully saturated rings. The smallest absolute Gasteiger partial charge is 0.167 e. The summed E-state index contributed by atoms with van der Waals surface area (Å²) in [6.07, 6.45) is 0. The molecule has 0 saturated carbocycles. The fourth-order valence-corrected chi connectivity index (χ4v) is 0.399. The molecule has 3 heteroatoms. The molecule has 0 aromatic rings. The molecule has 7 heavy (non-hydrogen) atoms. The average molecular weight is 228 g/mol. The lowest BCUT2D eigenvalue weighted by molar-refractivity contribution is -0.112. The monoisotopic (exact) mass is 226 g/mol. The Morgan fingerprint density at radius 2 is 2.14 bits per heavy atom. The van der Waals surface area contributed by atoms with Crippen LogP contribution in [0.25, 0.3) is 0 Å². The Morgan fingerprint density at radius 3 is 2.14 bits per heavy atom. The van der Waals surface area contributed by atoms with Gasteiger partial charge in [0.2, 0.25) is 0 Å². The molecule has 0 saturated heterocycles. The molecule has 0 aliphatic rings. The van der Waals surface area contributed by atoms with Gasteiger partial charge in [-0.05, 0) is 27.8 Å². The molecule has 0 heterocycles. The van der Waals surface area contributed by atoms with Gasteiger partial charge >= 0.3 is 0 Å². The van der Waals surface area contributed by atoms with E-state index in [1.54, 1.807) is 0 Å². The number of carbonyl (C=O) groups is 1. The molecule has 1 nitrogen and oxygen atoms in total. The van der Waals surface area contributed by atoms with Gasteiger partial charge in [0.05, 0.1) is 4.48 Å². The quantitative estimate of drug-likeness (QED) is 0.628. The molecule has 0 aliphatic carbocycles. The van der Waals surface area contributed by atoms with Crippen LogP contribution in [0.1, 0.15) is 6.92 Å². The third kappa shape index (κ3) is 3.00. The van der Waals surface area contributed by atoms with Crippen LogP contribution in [-0.4, -0.2) is 5.78 Å². The summed E-state index contributed by atoms with van der Waals surface area (Å²) >= 11 is 5.99. The Morgan fingerprint density at radius 1 is 1.71 bits per heavy atom. The summed E-state index contributed by atoms with van der Waals surface area (Å²) in [5.74, 6) is 0.0249. The van der Waals surface area contributed by atoms with Gasteiger partial charge < -0.3 is 0 Å². The van der Waals surface area contributed by atoms with Crippen molar-refractivity contribution in [2.75, 3.05) is 0 Å². The van der Waals surface area contributed by atoms with E-state index in [4.69, 9.17) is 0 Å². The molecule has 40 valence electrons. The van der Waals surface area contributed by atoms with Crippen molar-refractivity contribution in [3.05, 3.63) is 9.47 Å². The van der Waals surface area contributed by atoms with Crippen molar-refractivity contribution in [1.29, 1.82) is 0 Å². The molecule has 0 unspecified atom stereocenters. The normalized spacial score (nSPS) is 11.6. The average Bonchev–Trinajstić information content (AvgIpc) is 1.65. The Bertz CT molecular complexity index is 106. The molecule has 0 aromatic heterocycles. The first-order valence-corrected chi connectivity index (χ1v) is 3.36. The summed E-state index contributed by atoms with van der Waals surface area (Å²) in [4.78, 5) is 11.8. The maximum absolute atomic E-state index is 10.2. The van der Waals surface area contributed by atoms with E-state index in [0.29, 0.717) is 4.48 Å². The maximum atomic E-state index is 10.2. The molecular weight excluding hydrogens is 224 g/mol. The fraction of sp³-hybridized carbons (Fsp3) is 0.250. The van der Waals surface area contributed by atoms with Crippen LogP contribution in [0.3, 0.4) is 0 Å². The zero-order chi connectivity index (χ0) is 5.86. The minimum atomic E-state index is 0.0249. The summed E-state index contributed by atoms with van der Waals surface area (Å²) < 4.78 is 0.563. The van der Waals surface area contributed by atoms with Crippen LogP contribution in [0.4, 0.5) is 0 Å². The van der Waals surface area contributed by atoms with E-state index in [0.717, 1.165) is 0 Å². The van der Waals surface area contributed by atoms with Gasteiger partial charge in [0.15, 0.2) is 5.78 Å². The van der Waals surface area contributed by atoms with E-state index in [2.05, 4.69) is 31.9 Å². The van der Waals surface area contributed by atoms with Crippen LogP contribution in [0.2, 0.25) is 0 Å².